The van der Waals surface area contributed by atoms with E-state index in [0.29, 0.717) is 0 Å². The van der Waals surface area contributed by atoms with Crippen LogP contribution in [0, 0.1) is 11.2 Å². The van der Waals surface area contributed by atoms with Crippen LogP contribution in [0.15, 0.2) is 0 Å². The molecule has 0 bridgehead atoms. The molecule has 0 amide bonds. The van der Waals surface area contributed by atoms with E-state index in [-0.39, 0.29) is 0 Å². The van der Waals surface area contributed by atoms with Crippen molar-refractivity contribution in [3.8, 4) is 0 Å². The third-order valence-electron chi connectivity index (χ3n) is 2.20. The average Bonchev–Trinajstić information content (AvgIpc) is 1.90. The Morgan fingerprint density at radius 2 is 1.78 bits per heavy atom. The van der Waals surface area contributed by atoms with Crippen LogP contribution in [0.1, 0.15) is 39.0 Å². The van der Waals surface area contributed by atoms with Gasteiger partial charge in [0, 0.05) is 5.25 Å². The summed E-state index contributed by atoms with van der Waals surface area (Å²) >= 11 is 4.36. The van der Waals surface area contributed by atoms with Gasteiger partial charge in [0.1, 0.15) is 0 Å². The fourth-order valence-electron chi connectivity index (χ4n) is 1.52. The first-order chi connectivity index (χ1) is 4.30. The molecule has 0 spiro atoms. The van der Waals surface area contributed by atoms with Crippen LogP contribution < -0.4 is 0 Å². The minimum Gasteiger partial charge on any atom is -0.171 e. The molecule has 0 aromatic rings. The number of rotatable bonds is 1. The largest absolute Gasteiger partial charge is 0.171 e. The maximum atomic E-state index is 4.36. The Balaban J connectivity index is 2.23. The Morgan fingerprint density at radius 1 is 1.22 bits per heavy atom. The number of hydrogen-bond donors (Lipinski definition) is 1. The zero-order valence-electron chi connectivity index (χ0n) is 6.06. The van der Waals surface area contributed by atoms with Crippen LogP contribution in [0.2, 0.25) is 0 Å². The van der Waals surface area contributed by atoms with Gasteiger partial charge in [-0.3, -0.25) is 0 Å². The number of thiol groups is 1. The van der Waals surface area contributed by atoms with Crippen molar-refractivity contribution in [3.05, 3.63) is 5.25 Å². The molecule has 0 aromatic carbocycles. The van der Waals surface area contributed by atoms with E-state index in [1.54, 1.807) is 0 Å². The lowest BCUT2D eigenvalue weighted by molar-refractivity contribution is 0.392. The van der Waals surface area contributed by atoms with Gasteiger partial charge in [0.15, 0.2) is 0 Å². The van der Waals surface area contributed by atoms with E-state index in [9.17, 15) is 0 Å². The minimum absolute atomic E-state index is 0.835. The molecule has 9 heavy (non-hydrogen) atoms. The number of hydrogen-bond acceptors (Lipinski definition) is 1. The topological polar surface area (TPSA) is 0 Å². The van der Waals surface area contributed by atoms with Gasteiger partial charge in [-0.25, -0.2) is 0 Å². The fraction of sp³-hybridized carbons (Fsp3) is 0.875. The van der Waals surface area contributed by atoms with Crippen molar-refractivity contribution in [1.29, 1.82) is 0 Å². The summed E-state index contributed by atoms with van der Waals surface area (Å²) in [4.78, 5) is 0. The van der Waals surface area contributed by atoms with Crippen LogP contribution in [0.5, 0.6) is 0 Å². The van der Waals surface area contributed by atoms with Gasteiger partial charge in [0.2, 0.25) is 0 Å². The van der Waals surface area contributed by atoms with Crippen molar-refractivity contribution in [2.45, 2.75) is 39.0 Å². The van der Waals surface area contributed by atoms with E-state index in [1.165, 1.54) is 37.4 Å². The lowest BCUT2D eigenvalue weighted by Crippen LogP contribution is -2.09. The SMILES string of the molecule is C[C](S)C1CCCCC1. The molecular formula is C8H15S. The molecule has 0 N–H and O–H groups in total. The second kappa shape index (κ2) is 3.50. The third kappa shape index (κ3) is 2.21. The first kappa shape index (κ1) is 7.46. The molecule has 0 aliphatic heterocycles. The first-order valence-corrected chi connectivity index (χ1v) is 4.28. The predicted molar refractivity (Wildman–Crippen MR) is 44.5 cm³/mol. The smallest absolute Gasteiger partial charge is 0.0274 e. The molecule has 1 aliphatic carbocycles. The summed E-state index contributed by atoms with van der Waals surface area (Å²) in [5, 5.41) is 1.34. The van der Waals surface area contributed by atoms with Crippen molar-refractivity contribution >= 4 is 12.6 Å². The maximum absolute atomic E-state index is 4.36. The molecule has 0 unspecified atom stereocenters. The molecule has 1 aliphatic rings. The molecule has 1 rings (SSSR count). The van der Waals surface area contributed by atoms with Crippen LogP contribution in [-0.2, 0) is 0 Å². The predicted octanol–water partition coefficient (Wildman–Crippen LogP) is 3.05. The second-order valence-corrected chi connectivity index (χ2v) is 3.68. The molecule has 0 nitrogen and oxygen atoms in total. The molecule has 1 fully saturated rings. The summed E-state index contributed by atoms with van der Waals surface area (Å²) in [5.74, 6) is 0.835. The zero-order valence-corrected chi connectivity index (χ0v) is 6.95. The summed E-state index contributed by atoms with van der Waals surface area (Å²) in [5.41, 5.74) is 0. The Labute approximate surface area is 63.4 Å². The van der Waals surface area contributed by atoms with Crippen LogP contribution in [0.25, 0.3) is 0 Å². The van der Waals surface area contributed by atoms with E-state index in [2.05, 4.69) is 19.6 Å². The Hall–Kier alpha value is 0.350. The van der Waals surface area contributed by atoms with E-state index >= 15 is 0 Å². The Kier molecular flexibility index (Phi) is 2.90. The van der Waals surface area contributed by atoms with Gasteiger partial charge < -0.3 is 0 Å². The first-order valence-electron chi connectivity index (χ1n) is 3.83. The molecule has 1 radical (unpaired) electrons. The standard InChI is InChI=1S/C8H15S/c1-7(9)8-5-3-2-4-6-8/h8-9H,2-6H2,1H3. The van der Waals surface area contributed by atoms with Crippen LogP contribution >= 0.6 is 12.6 Å². The molecule has 0 saturated heterocycles. The van der Waals surface area contributed by atoms with Crippen LogP contribution in [0.4, 0.5) is 0 Å². The van der Waals surface area contributed by atoms with Crippen molar-refractivity contribution < 1.29 is 0 Å². The minimum atomic E-state index is 0.835. The molecule has 53 valence electrons. The summed E-state index contributed by atoms with van der Waals surface area (Å²) in [6.07, 6.45) is 7.05. The zero-order chi connectivity index (χ0) is 6.69. The van der Waals surface area contributed by atoms with Crippen molar-refractivity contribution in [3.63, 3.8) is 0 Å². The molecule has 0 heterocycles. The second-order valence-electron chi connectivity index (χ2n) is 2.98. The maximum Gasteiger partial charge on any atom is 0.0274 e. The van der Waals surface area contributed by atoms with Gasteiger partial charge in [0.25, 0.3) is 0 Å². The summed E-state index contributed by atoms with van der Waals surface area (Å²) in [6, 6.07) is 0. The van der Waals surface area contributed by atoms with Crippen molar-refractivity contribution in [1.82, 2.24) is 0 Å². The van der Waals surface area contributed by atoms with Gasteiger partial charge >= 0.3 is 0 Å². The highest BCUT2D eigenvalue weighted by molar-refractivity contribution is 7.83. The van der Waals surface area contributed by atoms with Gasteiger partial charge in [-0.2, -0.15) is 12.6 Å². The Bertz CT molecular complexity index is 72.6. The lowest BCUT2D eigenvalue weighted by atomic mass is 9.87. The van der Waals surface area contributed by atoms with E-state index in [4.69, 9.17) is 0 Å². The van der Waals surface area contributed by atoms with Gasteiger partial charge in [-0.05, 0) is 25.7 Å². The van der Waals surface area contributed by atoms with E-state index < -0.39 is 0 Å². The summed E-state index contributed by atoms with van der Waals surface area (Å²) in [7, 11) is 0. The highest BCUT2D eigenvalue weighted by Gasteiger charge is 2.16. The Morgan fingerprint density at radius 3 is 2.11 bits per heavy atom. The molecule has 0 atom stereocenters. The van der Waals surface area contributed by atoms with E-state index in [1.807, 2.05) is 0 Å². The summed E-state index contributed by atoms with van der Waals surface area (Å²) < 4.78 is 0. The van der Waals surface area contributed by atoms with Crippen molar-refractivity contribution in [2.24, 2.45) is 5.92 Å². The third-order valence-corrected chi connectivity index (χ3v) is 2.56. The van der Waals surface area contributed by atoms with E-state index in [0.717, 1.165) is 5.92 Å². The quantitative estimate of drug-likeness (QED) is 0.536. The van der Waals surface area contributed by atoms with Crippen LogP contribution in [0.3, 0.4) is 0 Å². The average molecular weight is 143 g/mol. The molecular weight excluding hydrogens is 128 g/mol. The highest BCUT2D eigenvalue weighted by Crippen LogP contribution is 2.32. The lowest BCUT2D eigenvalue weighted by Gasteiger charge is -2.23. The van der Waals surface area contributed by atoms with Gasteiger partial charge in [-0.15, -0.1) is 0 Å². The molecule has 1 saturated carbocycles. The van der Waals surface area contributed by atoms with Crippen LogP contribution in [-0.4, -0.2) is 0 Å². The molecule has 1 heteroatoms. The highest BCUT2D eigenvalue weighted by atomic mass is 32.1. The monoisotopic (exact) mass is 143 g/mol. The van der Waals surface area contributed by atoms with Gasteiger partial charge in [0.05, 0.1) is 0 Å². The fourth-order valence-corrected chi connectivity index (χ4v) is 1.78. The molecule has 0 aromatic heterocycles. The van der Waals surface area contributed by atoms with Gasteiger partial charge in [-0.1, -0.05) is 19.3 Å². The van der Waals surface area contributed by atoms with Crippen molar-refractivity contribution in [2.75, 3.05) is 0 Å². The summed E-state index contributed by atoms with van der Waals surface area (Å²) in [6.45, 7) is 2.14. The normalized spacial score (nSPS) is 23.0.